The Hall–Kier alpha value is -2.13. The predicted molar refractivity (Wildman–Crippen MR) is 114 cm³/mol. The lowest BCUT2D eigenvalue weighted by Gasteiger charge is -2.20. The van der Waals surface area contributed by atoms with Crippen LogP contribution in [0.4, 0.5) is 0 Å². The second-order valence-corrected chi connectivity index (χ2v) is 9.16. The average molecular weight is 453 g/mol. The van der Waals surface area contributed by atoms with Crippen molar-refractivity contribution in [3.05, 3.63) is 59.1 Å². The molecule has 1 heterocycles. The van der Waals surface area contributed by atoms with Crippen molar-refractivity contribution in [1.29, 1.82) is 0 Å². The van der Waals surface area contributed by atoms with Crippen molar-refractivity contribution in [3.63, 3.8) is 0 Å². The minimum Gasteiger partial charge on any atom is -0.495 e. The van der Waals surface area contributed by atoms with Gasteiger partial charge < -0.3 is 14.8 Å². The van der Waals surface area contributed by atoms with E-state index in [1.807, 2.05) is 30.3 Å². The molecule has 9 heteroatoms. The molecule has 30 heavy (non-hydrogen) atoms. The molecule has 0 aromatic heterocycles. The normalized spacial score (nSPS) is 17.5. The zero-order chi connectivity index (χ0) is 21.6. The Morgan fingerprint density at radius 2 is 2.03 bits per heavy atom. The van der Waals surface area contributed by atoms with E-state index in [1.54, 1.807) is 0 Å². The fourth-order valence-corrected chi connectivity index (χ4v) is 4.92. The molecule has 2 atom stereocenters. The van der Waals surface area contributed by atoms with Crippen LogP contribution in [0.2, 0.25) is 5.02 Å². The van der Waals surface area contributed by atoms with Crippen LogP contribution in [0.15, 0.2) is 53.4 Å². The number of hydrogen-bond donors (Lipinski definition) is 2. The summed E-state index contributed by atoms with van der Waals surface area (Å²) in [6.07, 6.45) is 1.97. The zero-order valence-corrected chi connectivity index (χ0v) is 18.2. The first kappa shape index (κ1) is 22.6. The summed E-state index contributed by atoms with van der Waals surface area (Å²) in [4.78, 5) is 12.8. The molecule has 3 rings (SSSR count). The summed E-state index contributed by atoms with van der Waals surface area (Å²) >= 11 is 5.99. The predicted octanol–water partition coefficient (Wildman–Crippen LogP) is 2.53. The number of carbonyl (C=O) groups excluding carboxylic acids is 1. The third-order valence-electron chi connectivity index (χ3n) is 4.84. The Bertz CT molecular complexity index is 963. The van der Waals surface area contributed by atoms with Crippen molar-refractivity contribution in [2.45, 2.75) is 36.3 Å². The standard InChI is InChI=1S/C21H25ClN2O5S/c1-28-19-10-9-16(22)13-20(19)30(26,27)24-18(12-15-6-3-2-4-7-15)21(25)23-14-17-8-5-11-29-17/h2-4,6-7,9-10,13,17-18,24H,5,8,11-12,14H2,1H3,(H,23,25)/t17-,18-/m0/s1. The molecule has 1 amide bonds. The van der Waals surface area contributed by atoms with Gasteiger partial charge in [0.25, 0.3) is 0 Å². The van der Waals surface area contributed by atoms with E-state index in [-0.39, 0.29) is 28.2 Å². The second-order valence-electron chi connectivity index (χ2n) is 7.04. The van der Waals surface area contributed by atoms with E-state index in [4.69, 9.17) is 21.1 Å². The smallest absolute Gasteiger partial charge is 0.245 e. The summed E-state index contributed by atoms with van der Waals surface area (Å²) in [6, 6.07) is 12.5. The first-order chi connectivity index (χ1) is 14.4. The quantitative estimate of drug-likeness (QED) is 0.609. The van der Waals surface area contributed by atoms with Gasteiger partial charge in [-0.3, -0.25) is 4.79 Å². The highest BCUT2D eigenvalue weighted by Crippen LogP contribution is 2.27. The Kier molecular flexibility index (Phi) is 7.71. The molecule has 0 aliphatic carbocycles. The zero-order valence-electron chi connectivity index (χ0n) is 16.6. The van der Waals surface area contributed by atoms with E-state index in [9.17, 15) is 13.2 Å². The Morgan fingerprint density at radius 3 is 2.70 bits per heavy atom. The van der Waals surface area contributed by atoms with Gasteiger partial charge in [0.05, 0.1) is 13.2 Å². The van der Waals surface area contributed by atoms with E-state index in [2.05, 4.69) is 10.0 Å². The Morgan fingerprint density at radius 1 is 1.27 bits per heavy atom. The van der Waals surface area contributed by atoms with Gasteiger partial charge in [-0.25, -0.2) is 8.42 Å². The van der Waals surface area contributed by atoms with Crippen molar-refractivity contribution in [3.8, 4) is 5.75 Å². The summed E-state index contributed by atoms with van der Waals surface area (Å²) in [7, 11) is -2.71. The van der Waals surface area contributed by atoms with Gasteiger partial charge in [0.1, 0.15) is 16.7 Å². The first-order valence-electron chi connectivity index (χ1n) is 9.68. The summed E-state index contributed by atoms with van der Waals surface area (Å²) in [5.74, 6) is -0.274. The van der Waals surface area contributed by atoms with Crippen LogP contribution in [0, 0.1) is 0 Å². The van der Waals surface area contributed by atoms with Crippen molar-refractivity contribution in [1.82, 2.24) is 10.0 Å². The number of rotatable bonds is 9. The maximum absolute atomic E-state index is 13.1. The molecule has 0 bridgehead atoms. The summed E-state index contributed by atoms with van der Waals surface area (Å²) in [6.45, 7) is 1.02. The van der Waals surface area contributed by atoms with Gasteiger partial charge in [-0.05, 0) is 43.0 Å². The SMILES string of the molecule is COc1ccc(Cl)cc1S(=O)(=O)N[C@@H](Cc1ccccc1)C(=O)NC[C@@H]1CCCO1. The number of nitrogens with one attached hydrogen (secondary N) is 2. The van der Waals surface area contributed by atoms with Gasteiger partial charge in [-0.15, -0.1) is 0 Å². The highest BCUT2D eigenvalue weighted by Gasteiger charge is 2.29. The molecule has 0 radical (unpaired) electrons. The van der Waals surface area contributed by atoms with E-state index >= 15 is 0 Å². The monoisotopic (exact) mass is 452 g/mol. The van der Waals surface area contributed by atoms with E-state index in [0.29, 0.717) is 13.2 Å². The van der Waals surface area contributed by atoms with Crippen molar-refractivity contribution in [2.75, 3.05) is 20.3 Å². The van der Waals surface area contributed by atoms with Crippen LogP contribution in [-0.2, 0) is 26.0 Å². The van der Waals surface area contributed by atoms with Gasteiger partial charge in [-0.2, -0.15) is 4.72 Å². The highest BCUT2D eigenvalue weighted by atomic mass is 35.5. The largest absolute Gasteiger partial charge is 0.495 e. The van der Waals surface area contributed by atoms with Gasteiger partial charge in [0.2, 0.25) is 15.9 Å². The van der Waals surface area contributed by atoms with Crippen LogP contribution in [-0.4, -0.2) is 46.7 Å². The summed E-state index contributed by atoms with van der Waals surface area (Å²) in [5.41, 5.74) is 0.829. The fourth-order valence-electron chi connectivity index (χ4n) is 3.29. The number of methoxy groups -OCH3 is 1. The first-order valence-corrected chi connectivity index (χ1v) is 11.5. The lowest BCUT2D eigenvalue weighted by atomic mass is 10.1. The lowest BCUT2D eigenvalue weighted by Crippen LogP contribution is -2.49. The van der Waals surface area contributed by atoms with Crippen LogP contribution < -0.4 is 14.8 Å². The maximum atomic E-state index is 13.1. The number of amides is 1. The molecule has 1 aliphatic heterocycles. The molecule has 0 spiro atoms. The van der Waals surface area contributed by atoms with Gasteiger partial charge in [0, 0.05) is 18.2 Å². The Balaban J connectivity index is 1.81. The number of ether oxygens (including phenoxy) is 2. The van der Waals surface area contributed by atoms with Crippen LogP contribution in [0.1, 0.15) is 18.4 Å². The Labute approximate surface area is 181 Å². The highest BCUT2D eigenvalue weighted by molar-refractivity contribution is 7.89. The molecule has 2 aromatic carbocycles. The molecular formula is C21H25ClN2O5S. The minimum absolute atomic E-state index is 0.0454. The van der Waals surface area contributed by atoms with Crippen molar-refractivity contribution < 1.29 is 22.7 Å². The fraction of sp³-hybridized carbons (Fsp3) is 0.381. The topological polar surface area (TPSA) is 93.7 Å². The lowest BCUT2D eigenvalue weighted by molar-refractivity contribution is -0.123. The molecule has 1 fully saturated rings. The molecule has 2 N–H and O–H groups in total. The summed E-state index contributed by atoms with van der Waals surface area (Å²) < 4.78 is 39.4. The van der Waals surface area contributed by atoms with Crippen molar-refractivity contribution >= 4 is 27.5 Å². The molecule has 2 aromatic rings. The number of halogens is 1. The van der Waals surface area contributed by atoms with E-state index in [1.165, 1.54) is 25.3 Å². The van der Waals surface area contributed by atoms with Gasteiger partial charge >= 0.3 is 0 Å². The second kappa shape index (κ2) is 10.3. The van der Waals surface area contributed by atoms with Crippen LogP contribution in [0.3, 0.4) is 0 Å². The number of benzene rings is 2. The third-order valence-corrected chi connectivity index (χ3v) is 6.57. The van der Waals surface area contributed by atoms with Gasteiger partial charge in [0.15, 0.2) is 0 Å². The average Bonchev–Trinajstić information content (AvgIpc) is 3.26. The minimum atomic E-state index is -4.08. The van der Waals surface area contributed by atoms with E-state index in [0.717, 1.165) is 18.4 Å². The van der Waals surface area contributed by atoms with Gasteiger partial charge in [-0.1, -0.05) is 41.9 Å². The molecule has 0 unspecified atom stereocenters. The molecule has 0 saturated carbocycles. The summed E-state index contributed by atoms with van der Waals surface area (Å²) in [5, 5.41) is 3.06. The van der Waals surface area contributed by atoms with Crippen molar-refractivity contribution in [2.24, 2.45) is 0 Å². The van der Waals surface area contributed by atoms with Crippen LogP contribution in [0.25, 0.3) is 0 Å². The van der Waals surface area contributed by atoms with Crippen LogP contribution >= 0.6 is 11.6 Å². The molecule has 162 valence electrons. The molecule has 7 nitrogen and oxygen atoms in total. The molecule has 1 saturated heterocycles. The molecule has 1 aliphatic rings. The number of hydrogen-bond acceptors (Lipinski definition) is 5. The maximum Gasteiger partial charge on any atom is 0.245 e. The third kappa shape index (κ3) is 5.95. The number of sulfonamides is 1. The van der Waals surface area contributed by atoms with Crippen LogP contribution in [0.5, 0.6) is 5.75 Å². The number of carbonyl (C=O) groups is 1. The van der Waals surface area contributed by atoms with E-state index < -0.39 is 22.0 Å². The molecular weight excluding hydrogens is 428 g/mol.